The second kappa shape index (κ2) is 15.2. The van der Waals surface area contributed by atoms with Crippen LogP contribution in [0, 0.1) is 11.8 Å². The number of aliphatic carboxylic acids is 1. The molecule has 0 bridgehead atoms. The van der Waals surface area contributed by atoms with E-state index in [9.17, 15) is 24.3 Å². The van der Waals surface area contributed by atoms with Crippen LogP contribution in [-0.2, 0) is 23.9 Å². The number of carboxylic acid groups (broad SMARTS) is 1. The van der Waals surface area contributed by atoms with Crippen molar-refractivity contribution in [3.63, 3.8) is 0 Å². The van der Waals surface area contributed by atoms with Gasteiger partial charge in [-0.2, -0.15) is 10.7 Å². The fourth-order valence-corrected chi connectivity index (χ4v) is 8.61. The van der Waals surface area contributed by atoms with E-state index >= 15 is 0 Å². The Morgan fingerprint density at radius 3 is 2.47 bits per heavy atom. The van der Waals surface area contributed by atoms with Crippen molar-refractivity contribution in [1.82, 2.24) is 37.0 Å². The normalized spacial score (nSPS) is 37.6. The highest BCUT2D eigenvalue weighted by Crippen LogP contribution is 2.47. The number of halogens is 1. The molecule has 2 aliphatic carbocycles. The average Bonchev–Trinajstić information content (AvgIpc) is 3.32. The SMILES string of the molecule is CCOC1CCC(C2NNN(C3C[C@H]4C(=O)N[C@@]5(C(=O)O)C[C@H]5CCCCCCC[C@@H](NC(=O)OC(C)(C)C)C(=O)N4C3)N2)CC1Br. The minimum atomic E-state index is -1.30. The Morgan fingerprint density at radius 1 is 1.06 bits per heavy atom. The molecule has 3 saturated heterocycles. The number of hydrazine groups is 3. The molecule has 0 aromatic rings. The van der Waals surface area contributed by atoms with Gasteiger partial charge in [0.15, 0.2) is 0 Å². The van der Waals surface area contributed by atoms with Crippen LogP contribution < -0.4 is 27.0 Å². The van der Waals surface area contributed by atoms with Crippen molar-refractivity contribution in [2.45, 2.75) is 151 Å². The summed E-state index contributed by atoms with van der Waals surface area (Å²) in [6.45, 7) is 8.19. The quantitative estimate of drug-likeness (QED) is 0.222. The summed E-state index contributed by atoms with van der Waals surface area (Å²) in [5.41, 5.74) is 8.03. The van der Waals surface area contributed by atoms with Gasteiger partial charge in [-0.15, -0.1) is 0 Å². The van der Waals surface area contributed by atoms with Crippen LogP contribution in [0.15, 0.2) is 0 Å². The van der Waals surface area contributed by atoms with Crippen LogP contribution in [0.1, 0.15) is 105 Å². The molecule has 0 spiro atoms. The van der Waals surface area contributed by atoms with E-state index in [2.05, 4.69) is 42.9 Å². The molecule has 5 unspecified atom stereocenters. The summed E-state index contributed by atoms with van der Waals surface area (Å²) >= 11 is 3.81. The summed E-state index contributed by atoms with van der Waals surface area (Å²) in [6, 6.07) is -2.09. The molecule has 2 saturated carbocycles. The highest BCUT2D eigenvalue weighted by Gasteiger charge is 2.62. The lowest BCUT2D eigenvalue weighted by atomic mass is 9.85. The number of carbonyl (C=O) groups is 4. The predicted octanol–water partition coefficient (Wildman–Crippen LogP) is 2.68. The van der Waals surface area contributed by atoms with Gasteiger partial charge in [0, 0.05) is 18.0 Å². The van der Waals surface area contributed by atoms with Crippen molar-refractivity contribution < 1.29 is 33.8 Å². The van der Waals surface area contributed by atoms with Gasteiger partial charge >= 0.3 is 12.1 Å². The van der Waals surface area contributed by atoms with E-state index in [1.165, 1.54) is 4.90 Å². The molecule has 5 fully saturated rings. The summed E-state index contributed by atoms with van der Waals surface area (Å²) in [4.78, 5) is 55.3. The van der Waals surface area contributed by atoms with E-state index in [0.29, 0.717) is 25.4 Å². The van der Waals surface area contributed by atoms with Gasteiger partial charge < -0.3 is 30.1 Å². The van der Waals surface area contributed by atoms with Gasteiger partial charge in [0.1, 0.15) is 23.2 Å². The van der Waals surface area contributed by atoms with E-state index in [-0.39, 0.29) is 47.9 Å². The Hall–Kier alpha value is -2.04. The summed E-state index contributed by atoms with van der Waals surface area (Å²) in [6.07, 6.45) is 8.49. The van der Waals surface area contributed by atoms with Crippen molar-refractivity contribution in [3.8, 4) is 0 Å². The first-order chi connectivity index (χ1) is 22.3. The number of nitrogens with one attached hydrogen (secondary N) is 5. The fourth-order valence-electron chi connectivity index (χ4n) is 7.72. The molecule has 0 radical (unpaired) electrons. The minimum Gasteiger partial charge on any atom is -0.479 e. The van der Waals surface area contributed by atoms with Gasteiger partial charge in [0.25, 0.3) is 0 Å². The third-order valence-electron chi connectivity index (χ3n) is 10.3. The molecule has 266 valence electrons. The first-order valence-corrected chi connectivity index (χ1v) is 18.4. The number of amides is 3. The zero-order valence-corrected chi connectivity index (χ0v) is 29.8. The Labute approximate surface area is 286 Å². The number of carboxylic acids is 1. The monoisotopic (exact) mass is 727 g/mol. The van der Waals surface area contributed by atoms with Gasteiger partial charge in [-0.25, -0.2) is 20.4 Å². The molecule has 47 heavy (non-hydrogen) atoms. The maximum Gasteiger partial charge on any atom is 0.408 e. The van der Waals surface area contributed by atoms with Crippen LogP contribution in [0.5, 0.6) is 0 Å². The number of ether oxygens (including phenoxy) is 2. The first-order valence-electron chi connectivity index (χ1n) is 17.5. The van der Waals surface area contributed by atoms with Crippen molar-refractivity contribution >= 4 is 39.8 Å². The Balaban J connectivity index is 1.33. The molecule has 5 rings (SSSR count). The molecule has 0 aromatic carbocycles. The van der Waals surface area contributed by atoms with E-state index < -0.39 is 41.2 Å². The van der Waals surface area contributed by atoms with Gasteiger partial charge in [0.2, 0.25) is 11.8 Å². The molecule has 14 nitrogen and oxygen atoms in total. The van der Waals surface area contributed by atoms with Crippen LogP contribution in [0.3, 0.4) is 0 Å². The van der Waals surface area contributed by atoms with Crippen LogP contribution in [0.25, 0.3) is 0 Å². The van der Waals surface area contributed by atoms with Crippen molar-refractivity contribution in [1.29, 1.82) is 0 Å². The number of fused-ring (bicyclic) bond motifs is 2. The zero-order valence-electron chi connectivity index (χ0n) is 28.2. The van der Waals surface area contributed by atoms with Gasteiger partial charge in [-0.3, -0.25) is 9.59 Å². The molecule has 3 heterocycles. The molecular formula is C32H54BrN7O7. The van der Waals surface area contributed by atoms with Crippen LogP contribution in [0.4, 0.5) is 4.79 Å². The van der Waals surface area contributed by atoms with Crippen molar-refractivity contribution in [2.75, 3.05) is 13.2 Å². The molecular weight excluding hydrogens is 674 g/mol. The van der Waals surface area contributed by atoms with Crippen LogP contribution in [-0.4, -0.2) is 98.5 Å². The third-order valence-corrected chi connectivity index (χ3v) is 11.3. The number of hydrogen-bond donors (Lipinski definition) is 6. The van der Waals surface area contributed by atoms with Gasteiger partial charge in [0.05, 0.1) is 18.3 Å². The first kappa shape index (κ1) is 36.2. The second-order valence-corrected chi connectivity index (χ2v) is 16.1. The average molecular weight is 729 g/mol. The molecule has 6 N–H and O–H groups in total. The smallest absolute Gasteiger partial charge is 0.408 e. The van der Waals surface area contributed by atoms with Crippen LogP contribution >= 0.6 is 15.9 Å². The minimum absolute atomic E-state index is 0.0655. The summed E-state index contributed by atoms with van der Waals surface area (Å²) in [5, 5.41) is 17.7. The lowest BCUT2D eigenvalue weighted by Gasteiger charge is -2.35. The second-order valence-electron chi connectivity index (χ2n) is 14.9. The maximum atomic E-state index is 14.3. The topological polar surface area (TPSA) is 174 Å². The third kappa shape index (κ3) is 8.77. The number of carbonyl (C=O) groups excluding carboxylic acids is 3. The zero-order chi connectivity index (χ0) is 33.9. The largest absolute Gasteiger partial charge is 0.479 e. The maximum absolute atomic E-state index is 14.3. The Kier molecular flexibility index (Phi) is 11.8. The molecule has 15 heteroatoms. The van der Waals surface area contributed by atoms with E-state index in [0.717, 1.165) is 57.8 Å². The van der Waals surface area contributed by atoms with Gasteiger partial charge in [-0.05, 0) is 84.5 Å². The predicted molar refractivity (Wildman–Crippen MR) is 177 cm³/mol. The summed E-state index contributed by atoms with van der Waals surface area (Å²) in [7, 11) is 0. The standard InChI is InChI=1S/C32H54BrN7O7/c1-5-46-25-14-13-19(15-22(25)33)26-36-38-40(37-26)21-16-24-27(41)35-32(29(43)44)17-20(32)11-9-7-6-8-10-12-23(28(42)39(24)18-21)34-30(45)47-31(2,3)4/h19-26,36-38H,5-18H2,1-4H3,(H,34,45)(H,35,41)(H,43,44)/t19?,20-,21?,22?,23-,24+,25?,26?,32+/m1/s1. The van der Waals surface area contributed by atoms with Crippen molar-refractivity contribution in [2.24, 2.45) is 11.8 Å². The number of nitrogens with zero attached hydrogens (tertiary/aromatic N) is 2. The van der Waals surface area contributed by atoms with E-state index in [4.69, 9.17) is 9.47 Å². The molecule has 3 aliphatic heterocycles. The number of rotatable bonds is 6. The molecule has 9 atom stereocenters. The van der Waals surface area contributed by atoms with E-state index in [1.807, 2.05) is 12.0 Å². The Bertz CT molecular complexity index is 1160. The number of alkyl carbamates (subject to hydrolysis) is 1. The Morgan fingerprint density at radius 2 is 1.79 bits per heavy atom. The summed E-state index contributed by atoms with van der Waals surface area (Å²) < 4.78 is 11.4. The summed E-state index contributed by atoms with van der Waals surface area (Å²) in [5.74, 6) is -1.69. The number of alkyl halides is 1. The van der Waals surface area contributed by atoms with Crippen molar-refractivity contribution in [3.05, 3.63) is 0 Å². The number of hydrogen-bond acceptors (Lipinski definition) is 10. The fraction of sp³-hybridized carbons (Fsp3) is 0.875. The van der Waals surface area contributed by atoms with Crippen LogP contribution in [0.2, 0.25) is 0 Å². The highest BCUT2D eigenvalue weighted by atomic mass is 79.9. The molecule has 5 aliphatic rings. The van der Waals surface area contributed by atoms with Gasteiger partial charge in [-0.1, -0.05) is 48.0 Å². The highest BCUT2D eigenvalue weighted by molar-refractivity contribution is 9.09. The van der Waals surface area contributed by atoms with E-state index in [1.54, 1.807) is 20.8 Å². The molecule has 0 aromatic heterocycles. The molecule has 3 amide bonds. The lowest BCUT2D eigenvalue weighted by molar-refractivity contribution is -0.146. The lowest BCUT2D eigenvalue weighted by Crippen LogP contribution is -2.56.